The molecule has 0 radical (unpaired) electrons. The van der Waals surface area contributed by atoms with Crippen molar-refractivity contribution in [3.63, 3.8) is 0 Å². The van der Waals surface area contributed by atoms with Gasteiger partial charge in [0.15, 0.2) is 0 Å². The Morgan fingerprint density at radius 2 is 2.00 bits per heavy atom. The molecule has 1 amide bonds. The highest BCUT2D eigenvalue weighted by Crippen LogP contribution is 2.12. The lowest BCUT2D eigenvalue weighted by Gasteiger charge is -2.10. The SMILES string of the molecule is CCNC(C)c1ccn(CC(=O)Nc2ccccc2)c1. The van der Waals surface area contributed by atoms with Crippen LogP contribution in [0.5, 0.6) is 0 Å². The summed E-state index contributed by atoms with van der Waals surface area (Å²) in [5.74, 6) is -0.0190. The predicted octanol–water partition coefficient (Wildman–Crippen LogP) is 2.80. The predicted molar refractivity (Wildman–Crippen MR) is 81.6 cm³/mol. The number of amides is 1. The molecule has 20 heavy (non-hydrogen) atoms. The van der Waals surface area contributed by atoms with Gasteiger partial charge in [0, 0.05) is 24.1 Å². The summed E-state index contributed by atoms with van der Waals surface area (Å²) in [6, 6.07) is 11.8. The number of hydrogen-bond acceptors (Lipinski definition) is 2. The maximum Gasteiger partial charge on any atom is 0.244 e. The summed E-state index contributed by atoms with van der Waals surface area (Å²) in [6.45, 7) is 5.46. The molecule has 0 saturated heterocycles. The monoisotopic (exact) mass is 271 g/mol. The molecule has 106 valence electrons. The van der Waals surface area contributed by atoms with E-state index in [4.69, 9.17) is 0 Å². The average Bonchev–Trinajstić information content (AvgIpc) is 2.88. The minimum Gasteiger partial charge on any atom is -0.345 e. The van der Waals surface area contributed by atoms with Crippen LogP contribution in [-0.2, 0) is 11.3 Å². The Labute approximate surface area is 119 Å². The van der Waals surface area contributed by atoms with Gasteiger partial charge in [0.25, 0.3) is 0 Å². The standard InChI is InChI=1S/C16H21N3O/c1-3-17-13(2)14-9-10-19(11-14)12-16(20)18-15-7-5-4-6-8-15/h4-11,13,17H,3,12H2,1-2H3,(H,18,20). The molecule has 0 saturated carbocycles. The van der Waals surface area contributed by atoms with Gasteiger partial charge in [-0.25, -0.2) is 0 Å². The Bertz CT molecular complexity index is 548. The van der Waals surface area contributed by atoms with Crippen LogP contribution in [0.2, 0.25) is 0 Å². The molecule has 2 aromatic rings. The van der Waals surface area contributed by atoms with E-state index in [2.05, 4.69) is 24.5 Å². The zero-order chi connectivity index (χ0) is 14.4. The van der Waals surface area contributed by atoms with Crippen LogP contribution in [0.3, 0.4) is 0 Å². The Balaban J connectivity index is 1.92. The molecule has 0 spiro atoms. The highest BCUT2D eigenvalue weighted by Gasteiger charge is 2.07. The van der Waals surface area contributed by atoms with Gasteiger partial charge in [-0.05, 0) is 37.2 Å². The number of anilines is 1. The van der Waals surface area contributed by atoms with E-state index in [1.165, 1.54) is 5.56 Å². The molecule has 4 heteroatoms. The van der Waals surface area contributed by atoms with Crippen LogP contribution in [-0.4, -0.2) is 17.0 Å². The normalized spacial score (nSPS) is 12.1. The summed E-state index contributed by atoms with van der Waals surface area (Å²) in [5.41, 5.74) is 2.02. The summed E-state index contributed by atoms with van der Waals surface area (Å²) in [4.78, 5) is 11.9. The minimum absolute atomic E-state index is 0.0190. The average molecular weight is 271 g/mol. The molecule has 4 nitrogen and oxygen atoms in total. The molecule has 0 bridgehead atoms. The summed E-state index contributed by atoms with van der Waals surface area (Å²) in [7, 11) is 0. The van der Waals surface area contributed by atoms with Crippen molar-refractivity contribution >= 4 is 11.6 Å². The fraction of sp³-hybridized carbons (Fsp3) is 0.312. The molecule has 1 unspecified atom stereocenters. The topological polar surface area (TPSA) is 46.1 Å². The minimum atomic E-state index is -0.0190. The quantitative estimate of drug-likeness (QED) is 0.848. The van der Waals surface area contributed by atoms with Gasteiger partial charge in [0.1, 0.15) is 6.54 Å². The van der Waals surface area contributed by atoms with E-state index in [0.29, 0.717) is 12.6 Å². The third-order valence-electron chi connectivity index (χ3n) is 3.17. The molecule has 1 aromatic carbocycles. The highest BCUT2D eigenvalue weighted by molar-refractivity contribution is 5.90. The lowest BCUT2D eigenvalue weighted by molar-refractivity contribution is -0.116. The molecule has 2 N–H and O–H groups in total. The number of hydrogen-bond donors (Lipinski definition) is 2. The maximum absolute atomic E-state index is 11.9. The summed E-state index contributed by atoms with van der Waals surface area (Å²) < 4.78 is 1.90. The Hall–Kier alpha value is -2.07. The molecular weight excluding hydrogens is 250 g/mol. The Morgan fingerprint density at radius 1 is 1.25 bits per heavy atom. The molecule has 1 heterocycles. The van der Waals surface area contributed by atoms with Crippen LogP contribution in [0.15, 0.2) is 48.8 Å². The lowest BCUT2D eigenvalue weighted by atomic mass is 10.2. The number of carbonyl (C=O) groups excluding carboxylic acids is 1. The van der Waals surface area contributed by atoms with Crippen molar-refractivity contribution in [1.29, 1.82) is 0 Å². The van der Waals surface area contributed by atoms with Crippen LogP contribution < -0.4 is 10.6 Å². The first kappa shape index (κ1) is 14.3. The number of para-hydroxylation sites is 1. The Kier molecular flexibility index (Phi) is 4.96. The number of carbonyl (C=O) groups is 1. The van der Waals surface area contributed by atoms with Gasteiger partial charge in [-0.15, -0.1) is 0 Å². The van der Waals surface area contributed by atoms with Crippen molar-refractivity contribution in [1.82, 2.24) is 9.88 Å². The molecule has 0 aliphatic rings. The zero-order valence-electron chi connectivity index (χ0n) is 12.0. The number of nitrogens with zero attached hydrogens (tertiary/aromatic N) is 1. The molecule has 0 fully saturated rings. The first-order chi connectivity index (χ1) is 9.69. The number of benzene rings is 1. The second-order valence-electron chi connectivity index (χ2n) is 4.81. The van der Waals surface area contributed by atoms with Crippen molar-refractivity contribution in [3.8, 4) is 0 Å². The van der Waals surface area contributed by atoms with Gasteiger partial charge in [-0.3, -0.25) is 4.79 Å². The summed E-state index contributed by atoms with van der Waals surface area (Å²) in [5, 5.41) is 6.23. The van der Waals surface area contributed by atoms with E-state index >= 15 is 0 Å². The van der Waals surface area contributed by atoms with Crippen LogP contribution in [0.4, 0.5) is 5.69 Å². The van der Waals surface area contributed by atoms with Crippen LogP contribution in [0.25, 0.3) is 0 Å². The van der Waals surface area contributed by atoms with Crippen LogP contribution in [0.1, 0.15) is 25.5 Å². The smallest absolute Gasteiger partial charge is 0.244 e. The van der Waals surface area contributed by atoms with Gasteiger partial charge >= 0.3 is 0 Å². The fourth-order valence-electron chi connectivity index (χ4n) is 2.13. The number of aromatic nitrogens is 1. The van der Waals surface area contributed by atoms with E-state index in [-0.39, 0.29) is 5.91 Å². The van der Waals surface area contributed by atoms with Gasteiger partial charge in [-0.1, -0.05) is 25.1 Å². The maximum atomic E-state index is 11.9. The van der Waals surface area contributed by atoms with E-state index in [1.54, 1.807) is 0 Å². The largest absolute Gasteiger partial charge is 0.345 e. The van der Waals surface area contributed by atoms with Gasteiger partial charge in [0.2, 0.25) is 5.91 Å². The summed E-state index contributed by atoms with van der Waals surface area (Å²) >= 11 is 0. The van der Waals surface area contributed by atoms with Crippen molar-refractivity contribution < 1.29 is 4.79 Å². The summed E-state index contributed by atoms with van der Waals surface area (Å²) in [6.07, 6.45) is 3.95. The van der Waals surface area contributed by atoms with E-state index in [0.717, 1.165) is 12.2 Å². The van der Waals surface area contributed by atoms with E-state index < -0.39 is 0 Å². The first-order valence-corrected chi connectivity index (χ1v) is 6.93. The van der Waals surface area contributed by atoms with Gasteiger partial charge < -0.3 is 15.2 Å². The lowest BCUT2D eigenvalue weighted by Crippen LogP contribution is -2.19. The molecule has 1 aromatic heterocycles. The third-order valence-corrected chi connectivity index (χ3v) is 3.17. The number of nitrogens with one attached hydrogen (secondary N) is 2. The van der Waals surface area contributed by atoms with Gasteiger partial charge in [0.05, 0.1) is 0 Å². The van der Waals surface area contributed by atoms with E-state index in [9.17, 15) is 4.79 Å². The third kappa shape index (κ3) is 3.96. The molecular formula is C16H21N3O. The second-order valence-corrected chi connectivity index (χ2v) is 4.81. The Morgan fingerprint density at radius 3 is 2.70 bits per heavy atom. The fourth-order valence-corrected chi connectivity index (χ4v) is 2.13. The van der Waals surface area contributed by atoms with Crippen molar-refractivity contribution in [3.05, 3.63) is 54.4 Å². The van der Waals surface area contributed by atoms with Crippen molar-refractivity contribution in [2.75, 3.05) is 11.9 Å². The van der Waals surface area contributed by atoms with Crippen LogP contribution in [0, 0.1) is 0 Å². The molecule has 0 aliphatic heterocycles. The second kappa shape index (κ2) is 6.91. The highest BCUT2D eigenvalue weighted by atomic mass is 16.1. The van der Waals surface area contributed by atoms with E-state index in [1.807, 2.05) is 53.4 Å². The van der Waals surface area contributed by atoms with Crippen LogP contribution >= 0.6 is 0 Å². The van der Waals surface area contributed by atoms with Gasteiger partial charge in [-0.2, -0.15) is 0 Å². The zero-order valence-corrected chi connectivity index (χ0v) is 12.0. The molecule has 0 aliphatic carbocycles. The first-order valence-electron chi connectivity index (χ1n) is 6.93. The molecule has 2 rings (SSSR count). The number of rotatable bonds is 6. The van der Waals surface area contributed by atoms with Crippen molar-refractivity contribution in [2.45, 2.75) is 26.4 Å². The van der Waals surface area contributed by atoms with Crippen molar-refractivity contribution in [2.24, 2.45) is 0 Å². The molecule has 1 atom stereocenters.